The number of ketones is 1. The zero-order chi connectivity index (χ0) is 16.6. The fourth-order valence-corrected chi connectivity index (χ4v) is 4.64. The fourth-order valence-electron chi connectivity index (χ4n) is 3.20. The van der Waals surface area contributed by atoms with Gasteiger partial charge in [-0.3, -0.25) is 4.79 Å². The second-order valence-electron chi connectivity index (χ2n) is 9.37. The fraction of sp³-hybridized carbons (Fsp3) is 0.944. The summed E-state index contributed by atoms with van der Waals surface area (Å²) in [6.45, 7) is 20.3. The van der Waals surface area contributed by atoms with Crippen LogP contribution in [-0.4, -0.2) is 20.2 Å². The van der Waals surface area contributed by atoms with Crippen molar-refractivity contribution in [1.82, 2.24) is 0 Å². The molecule has 2 atom stereocenters. The molecule has 0 bridgehead atoms. The SMILES string of the molecule is CC(C)[C@@H](O[Si](C)(C)C(C)(C)C)[C@@H]1C(=O)CCCC1(C)C. The summed E-state index contributed by atoms with van der Waals surface area (Å²) in [5.74, 6) is 0.856. The average molecular weight is 313 g/mol. The van der Waals surface area contributed by atoms with Gasteiger partial charge >= 0.3 is 0 Å². The van der Waals surface area contributed by atoms with Gasteiger partial charge in [-0.15, -0.1) is 0 Å². The lowest BCUT2D eigenvalue weighted by atomic mass is 9.64. The molecule has 0 aromatic carbocycles. The van der Waals surface area contributed by atoms with Crippen molar-refractivity contribution in [3.05, 3.63) is 0 Å². The molecule has 0 N–H and O–H groups in total. The van der Waals surface area contributed by atoms with E-state index in [0.29, 0.717) is 11.7 Å². The molecular formula is C18H36O2Si. The highest BCUT2D eigenvalue weighted by molar-refractivity contribution is 6.74. The van der Waals surface area contributed by atoms with E-state index in [1.807, 2.05) is 0 Å². The summed E-state index contributed by atoms with van der Waals surface area (Å²) >= 11 is 0. The molecule has 0 amide bonds. The van der Waals surface area contributed by atoms with Crippen molar-refractivity contribution < 1.29 is 9.22 Å². The van der Waals surface area contributed by atoms with E-state index >= 15 is 0 Å². The molecule has 124 valence electrons. The van der Waals surface area contributed by atoms with E-state index in [0.717, 1.165) is 19.3 Å². The van der Waals surface area contributed by atoms with E-state index in [1.165, 1.54) is 0 Å². The Morgan fingerprint density at radius 2 is 1.76 bits per heavy atom. The Kier molecular flexibility index (Phi) is 5.54. The molecule has 2 nitrogen and oxygen atoms in total. The molecule has 1 aliphatic rings. The minimum Gasteiger partial charge on any atom is -0.413 e. The third-order valence-electron chi connectivity index (χ3n) is 5.66. The smallest absolute Gasteiger partial charge is 0.192 e. The quantitative estimate of drug-likeness (QED) is 0.647. The van der Waals surface area contributed by atoms with Crippen LogP contribution in [0.4, 0.5) is 0 Å². The second-order valence-corrected chi connectivity index (χ2v) is 14.1. The largest absolute Gasteiger partial charge is 0.413 e. The summed E-state index contributed by atoms with van der Waals surface area (Å²) in [4.78, 5) is 12.6. The Balaban J connectivity index is 3.09. The summed E-state index contributed by atoms with van der Waals surface area (Å²) in [6, 6.07) is 0. The molecule has 3 heteroatoms. The van der Waals surface area contributed by atoms with Crippen LogP contribution in [0.25, 0.3) is 0 Å². The van der Waals surface area contributed by atoms with Crippen molar-refractivity contribution in [2.45, 2.75) is 92.0 Å². The zero-order valence-corrected chi connectivity index (χ0v) is 16.7. The molecule has 0 heterocycles. The van der Waals surface area contributed by atoms with Gasteiger partial charge in [0, 0.05) is 12.3 Å². The molecule has 1 fully saturated rings. The van der Waals surface area contributed by atoms with Crippen LogP contribution in [0.5, 0.6) is 0 Å². The van der Waals surface area contributed by atoms with Gasteiger partial charge in [0.2, 0.25) is 0 Å². The molecule has 0 aromatic rings. The maximum Gasteiger partial charge on any atom is 0.192 e. The standard InChI is InChI=1S/C18H36O2Si/c1-13(2)16(20-21(8,9)17(3,4)5)15-14(19)11-10-12-18(15,6)7/h13,15-16H,10-12H2,1-9H3/t15-,16+/m0/s1. The van der Waals surface area contributed by atoms with Crippen molar-refractivity contribution in [3.63, 3.8) is 0 Å². The number of rotatable bonds is 4. The maximum absolute atomic E-state index is 12.6. The highest BCUT2D eigenvalue weighted by atomic mass is 28.4. The minimum atomic E-state index is -1.86. The van der Waals surface area contributed by atoms with Gasteiger partial charge in [-0.25, -0.2) is 0 Å². The van der Waals surface area contributed by atoms with Gasteiger partial charge in [0.15, 0.2) is 8.32 Å². The van der Waals surface area contributed by atoms with Gasteiger partial charge in [0.25, 0.3) is 0 Å². The number of Topliss-reactive ketones (excluding diaryl/α,β-unsaturated/α-hetero) is 1. The molecule has 0 unspecified atom stereocenters. The lowest BCUT2D eigenvalue weighted by Crippen LogP contribution is -2.53. The van der Waals surface area contributed by atoms with Crippen molar-refractivity contribution in [2.75, 3.05) is 0 Å². The molecule has 0 saturated heterocycles. The monoisotopic (exact) mass is 312 g/mol. The van der Waals surface area contributed by atoms with E-state index in [2.05, 4.69) is 61.6 Å². The van der Waals surface area contributed by atoms with E-state index in [9.17, 15) is 4.79 Å². The first-order valence-electron chi connectivity index (χ1n) is 8.50. The Labute approximate surface area is 133 Å². The molecule has 21 heavy (non-hydrogen) atoms. The highest BCUT2D eigenvalue weighted by Crippen LogP contribution is 2.46. The van der Waals surface area contributed by atoms with Gasteiger partial charge in [-0.2, -0.15) is 0 Å². The minimum absolute atomic E-state index is 0.0559. The number of hydrogen-bond donors (Lipinski definition) is 0. The van der Waals surface area contributed by atoms with Crippen LogP contribution in [0.15, 0.2) is 0 Å². The maximum atomic E-state index is 12.6. The molecule has 1 aliphatic carbocycles. The van der Waals surface area contributed by atoms with Crippen LogP contribution in [0.1, 0.15) is 67.7 Å². The first kappa shape index (κ1) is 18.9. The summed E-state index contributed by atoms with van der Waals surface area (Å²) in [5.41, 5.74) is 0.0621. The molecule has 0 spiro atoms. The average Bonchev–Trinajstić information content (AvgIpc) is 2.24. The Bertz CT molecular complexity index is 377. The van der Waals surface area contributed by atoms with Gasteiger partial charge in [0.05, 0.1) is 6.10 Å². The van der Waals surface area contributed by atoms with Crippen LogP contribution in [-0.2, 0) is 9.22 Å². The van der Waals surface area contributed by atoms with Crippen molar-refractivity contribution in [2.24, 2.45) is 17.3 Å². The Hall–Kier alpha value is -0.153. The van der Waals surface area contributed by atoms with Gasteiger partial charge in [-0.1, -0.05) is 48.5 Å². The predicted molar refractivity (Wildman–Crippen MR) is 93.0 cm³/mol. The predicted octanol–water partition coefficient (Wildman–Crippen LogP) is 5.43. The zero-order valence-electron chi connectivity index (χ0n) is 15.7. The van der Waals surface area contributed by atoms with Crippen LogP contribution in [0.3, 0.4) is 0 Å². The summed E-state index contributed by atoms with van der Waals surface area (Å²) in [7, 11) is -1.86. The van der Waals surface area contributed by atoms with Crippen molar-refractivity contribution in [3.8, 4) is 0 Å². The normalized spacial score (nSPS) is 25.2. The molecular weight excluding hydrogens is 276 g/mol. The Morgan fingerprint density at radius 1 is 1.24 bits per heavy atom. The summed E-state index contributed by atoms with van der Waals surface area (Å²) in [6.07, 6.45) is 2.97. The van der Waals surface area contributed by atoms with E-state index in [1.54, 1.807) is 0 Å². The first-order chi connectivity index (χ1) is 9.29. The van der Waals surface area contributed by atoms with Crippen LogP contribution in [0.2, 0.25) is 18.1 Å². The molecule has 0 aromatic heterocycles. The van der Waals surface area contributed by atoms with Gasteiger partial charge in [0.1, 0.15) is 5.78 Å². The molecule has 0 radical (unpaired) electrons. The summed E-state index contributed by atoms with van der Waals surface area (Å²) < 4.78 is 6.73. The van der Waals surface area contributed by atoms with Crippen molar-refractivity contribution in [1.29, 1.82) is 0 Å². The van der Waals surface area contributed by atoms with Crippen LogP contribution < -0.4 is 0 Å². The third-order valence-corrected chi connectivity index (χ3v) is 10.1. The lowest BCUT2D eigenvalue weighted by Gasteiger charge is -2.48. The van der Waals surface area contributed by atoms with Crippen molar-refractivity contribution >= 4 is 14.1 Å². The highest BCUT2D eigenvalue weighted by Gasteiger charge is 2.48. The van der Waals surface area contributed by atoms with Gasteiger partial charge in [-0.05, 0) is 42.3 Å². The van der Waals surface area contributed by atoms with Gasteiger partial charge < -0.3 is 4.43 Å². The topological polar surface area (TPSA) is 26.3 Å². The molecule has 1 rings (SSSR count). The molecule has 1 saturated carbocycles. The van der Waals surface area contributed by atoms with E-state index in [-0.39, 0.29) is 22.5 Å². The number of carbonyl (C=O) groups is 1. The van der Waals surface area contributed by atoms with E-state index < -0.39 is 8.32 Å². The Morgan fingerprint density at radius 3 is 2.14 bits per heavy atom. The third kappa shape index (κ3) is 4.19. The molecule has 0 aliphatic heterocycles. The summed E-state index contributed by atoms with van der Waals surface area (Å²) in [5, 5.41) is 0.183. The van der Waals surface area contributed by atoms with Crippen LogP contribution >= 0.6 is 0 Å². The number of carbonyl (C=O) groups excluding carboxylic acids is 1. The van der Waals surface area contributed by atoms with E-state index in [4.69, 9.17) is 4.43 Å². The lowest BCUT2D eigenvalue weighted by molar-refractivity contribution is -0.136. The van der Waals surface area contributed by atoms with Crippen LogP contribution in [0, 0.1) is 17.3 Å². The second kappa shape index (κ2) is 6.15. The first-order valence-corrected chi connectivity index (χ1v) is 11.4. The number of hydrogen-bond acceptors (Lipinski definition) is 2.